The summed E-state index contributed by atoms with van der Waals surface area (Å²) in [5.74, 6) is 0.839. The number of hydrogen-bond acceptors (Lipinski definition) is 3. The Labute approximate surface area is 124 Å². The highest BCUT2D eigenvalue weighted by Crippen LogP contribution is 2.24. The smallest absolute Gasteiger partial charge is 0.240 e. The van der Waals surface area contributed by atoms with Gasteiger partial charge in [-0.2, -0.15) is 0 Å². The van der Waals surface area contributed by atoms with Gasteiger partial charge in [0.2, 0.25) is 10.0 Å². The number of aryl methyl sites for hydroxylation is 3. The SMILES string of the molecule is Cc1ncc(CCNS(=O)(=O)c2ccc3c(c2)CCC3)[nH]1. The van der Waals surface area contributed by atoms with Crippen LogP contribution in [0.4, 0.5) is 0 Å². The normalized spacial score (nSPS) is 14.3. The van der Waals surface area contributed by atoms with Crippen LogP contribution in [0.2, 0.25) is 0 Å². The fraction of sp³-hybridized carbons (Fsp3) is 0.400. The number of H-pyrrole nitrogens is 1. The zero-order valence-corrected chi connectivity index (χ0v) is 12.8. The number of benzene rings is 1. The second-order valence-electron chi connectivity index (χ2n) is 5.43. The largest absolute Gasteiger partial charge is 0.346 e. The molecule has 0 unspecified atom stereocenters. The zero-order chi connectivity index (χ0) is 14.9. The molecule has 0 spiro atoms. The summed E-state index contributed by atoms with van der Waals surface area (Å²) >= 11 is 0. The molecule has 1 aliphatic rings. The van der Waals surface area contributed by atoms with E-state index in [1.165, 1.54) is 11.1 Å². The number of aromatic nitrogens is 2. The van der Waals surface area contributed by atoms with Gasteiger partial charge in [0.15, 0.2) is 0 Å². The van der Waals surface area contributed by atoms with Gasteiger partial charge in [0, 0.05) is 24.9 Å². The van der Waals surface area contributed by atoms with Crippen molar-refractivity contribution in [3.63, 3.8) is 0 Å². The number of nitrogens with one attached hydrogen (secondary N) is 2. The van der Waals surface area contributed by atoms with Crippen LogP contribution in [0.15, 0.2) is 29.3 Å². The van der Waals surface area contributed by atoms with E-state index >= 15 is 0 Å². The molecule has 0 bridgehead atoms. The summed E-state index contributed by atoms with van der Waals surface area (Å²) in [5.41, 5.74) is 3.38. The minimum atomic E-state index is -3.43. The van der Waals surface area contributed by atoms with E-state index in [9.17, 15) is 8.42 Å². The Kier molecular flexibility index (Phi) is 3.82. The molecule has 2 aromatic rings. The van der Waals surface area contributed by atoms with E-state index in [4.69, 9.17) is 0 Å². The lowest BCUT2D eigenvalue weighted by Gasteiger charge is -2.08. The fourth-order valence-corrected chi connectivity index (χ4v) is 3.80. The van der Waals surface area contributed by atoms with Gasteiger partial charge in [0.25, 0.3) is 0 Å². The van der Waals surface area contributed by atoms with Crippen molar-refractivity contribution in [2.24, 2.45) is 0 Å². The number of nitrogens with zero attached hydrogens (tertiary/aromatic N) is 1. The van der Waals surface area contributed by atoms with Gasteiger partial charge in [-0.05, 0) is 49.4 Å². The highest BCUT2D eigenvalue weighted by Gasteiger charge is 2.18. The average Bonchev–Trinajstić information content (AvgIpc) is 3.06. The standard InChI is InChI=1S/C15H19N3O2S/c1-11-16-10-14(18-11)7-8-17-21(19,20)15-6-5-12-3-2-4-13(12)9-15/h5-6,9-10,17H,2-4,7-8H2,1H3,(H,16,18). The Morgan fingerprint density at radius 3 is 2.86 bits per heavy atom. The Morgan fingerprint density at radius 2 is 2.10 bits per heavy atom. The predicted octanol–water partition coefficient (Wildman–Crippen LogP) is 1.73. The Hall–Kier alpha value is -1.66. The molecule has 1 aliphatic carbocycles. The maximum absolute atomic E-state index is 12.3. The summed E-state index contributed by atoms with van der Waals surface area (Å²) in [6, 6.07) is 5.45. The topological polar surface area (TPSA) is 74.8 Å². The fourth-order valence-electron chi connectivity index (χ4n) is 2.72. The molecule has 0 amide bonds. The maximum atomic E-state index is 12.3. The number of aromatic amines is 1. The van der Waals surface area contributed by atoms with Crippen molar-refractivity contribution < 1.29 is 8.42 Å². The molecule has 3 rings (SSSR count). The summed E-state index contributed by atoms with van der Waals surface area (Å²) in [4.78, 5) is 7.55. The van der Waals surface area contributed by atoms with E-state index in [-0.39, 0.29) is 0 Å². The van der Waals surface area contributed by atoms with E-state index in [2.05, 4.69) is 14.7 Å². The van der Waals surface area contributed by atoms with Crippen molar-refractivity contribution in [1.82, 2.24) is 14.7 Å². The molecule has 21 heavy (non-hydrogen) atoms. The van der Waals surface area contributed by atoms with E-state index in [1.54, 1.807) is 12.3 Å². The highest BCUT2D eigenvalue weighted by atomic mass is 32.2. The second kappa shape index (κ2) is 5.61. The molecule has 0 atom stereocenters. The molecule has 0 saturated heterocycles. The molecule has 1 aromatic heterocycles. The Morgan fingerprint density at radius 1 is 1.29 bits per heavy atom. The number of hydrogen-bond donors (Lipinski definition) is 2. The molecule has 112 valence electrons. The van der Waals surface area contributed by atoms with Gasteiger partial charge in [-0.3, -0.25) is 0 Å². The minimum absolute atomic E-state index is 0.362. The van der Waals surface area contributed by atoms with Gasteiger partial charge in [-0.25, -0.2) is 18.1 Å². The van der Waals surface area contributed by atoms with Crippen molar-refractivity contribution in [3.05, 3.63) is 47.0 Å². The predicted molar refractivity (Wildman–Crippen MR) is 80.7 cm³/mol. The van der Waals surface area contributed by atoms with Crippen molar-refractivity contribution in [2.45, 2.75) is 37.5 Å². The average molecular weight is 305 g/mol. The van der Waals surface area contributed by atoms with E-state index in [1.807, 2.05) is 19.1 Å². The van der Waals surface area contributed by atoms with Crippen LogP contribution in [0.25, 0.3) is 0 Å². The molecule has 1 aromatic carbocycles. The van der Waals surface area contributed by atoms with Gasteiger partial charge in [-0.15, -0.1) is 0 Å². The van der Waals surface area contributed by atoms with Crippen molar-refractivity contribution in [1.29, 1.82) is 0 Å². The first-order valence-corrected chi connectivity index (χ1v) is 8.65. The molecule has 6 heteroatoms. The summed E-state index contributed by atoms with van der Waals surface area (Å²) < 4.78 is 27.2. The van der Waals surface area contributed by atoms with E-state index < -0.39 is 10.0 Å². The van der Waals surface area contributed by atoms with Crippen LogP contribution in [0, 0.1) is 6.92 Å². The van der Waals surface area contributed by atoms with Gasteiger partial charge < -0.3 is 4.98 Å². The van der Waals surface area contributed by atoms with Crippen LogP contribution < -0.4 is 4.72 Å². The van der Waals surface area contributed by atoms with Crippen LogP contribution in [0.1, 0.15) is 29.1 Å². The van der Waals surface area contributed by atoms with Gasteiger partial charge in [-0.1, -0.05) is 6.07 Å². The van der Waals surface area contributed by atoms with Crippen molar-refractivity contribution >= 4 is 10.0 Å². The minimum Gasteiger partial charge on any atom is -0.346 e. The van der Waals surface area contributed by atoms with Crippen LogP contribution in [-0.2, 0) is 29.3 Å². The number of rotatable bonds is 5. The first-order chi connectivity index (χ1) is 10.0. The number of fused-ring (bicyclic) bond motifs is 1. The Bertz CT molecular complexity index is 750. The molecule has 1 heterocycles. The first kappa shape index (κ1) is 14.3. The van der Waals surface area contributed by atoms with E-state index in [0.717, 1.165) is 30.8 Å². The monoisotopic (exact) mass is 305 g/mol. The highest BCUT2D eigenvalue weighted by molar-refractivity contribution is 7.89. The lowest BCUT2D eigenvalue weighted by molar-refractivity contribution is 0.581. The van der Waals surface area contributed by atoms with Gasteiger partial charge in [0.1, 0.15) is 5.82 Å². The molecule has 0 saturated carbocycles. The first-order valence-electron chi connectivity index (χ1n) is 7.16. The Balaban J connectivity index is 1.66. The maximum Gasteiger partial charge on any atom is 0.240 e. The van der Waals surface area contributed by atoms with Gasteiger partial charge >= 0.3 is 0 Å². The lowest BCUT2D eigenvalue weighted by Crippen LogP contribution is -2.26. The summed E-state index contributed by atoms with van der Waals surface area (Å²) in [5, 5.41) is 0. The van der Waals surface area contributed by atoms with Crippen LogP contribution in [-0.4, -0.2) is 24.9 Å². The molecule has 0 radical (unpaired) electrons. The summed E-state index contributed by atoms with van der Waals surface area (Å²) in [6.45, 7) is 2.24. The number of imidazole rings is 1. The van der Waals surface area contributed by atoms with Crippen molar-refractivity contribution in [3.8, 4) is 0 Å². The van der Waals surface area contributed by atoms with Crippen molar-refractivity contribution in [2.75, 3.05) is 6.54 Å². The van der Waals surface area contributed by atoms with Crippen LogP contribution >= 0.6 is 0 Å². The van der Waals surface area contributed by atoms with Gasteiger partial charge in [0.05, 0.1) is 4.90 Å². The quantitative estimate of drug-likeness (QED) is 0.883. The third-order valence-electron chi connectivity index (χ3n) is 3.82. The molecular weight excluding hydrogens is 286 g/mol. The second-order valence-corrected chi connectivity index (χ2v) is 7.19. The molecular formula is C15H19N3O2S. The van der Waals surface area contributed by atoms with Crippen LogP contribution in [0.5, 0.6) is 0 Å². The summed E-state index contributed by atoms with van der Waals surface area (Å²) in [7, 11) is -3.43. The molecule has 0 fully saturated rings. The summed E-state index contributed by atoms with van der Waals surface area (Å²) in [6.07, 6.45) is 5.49. The lowest BCUT2D eigenvalue weighted by atomic mass is 10.1. The number of sulfonamides is 1. The zero-order valence-electron chi connectivity index (χ0n) is 12.0. The van der Waals surface area contributed by atoms with E-state index in [0.29, 0.717) is 17.9 Å². The molecule has 2 N–H and O–H groups in total. The molecule has 0 aliphatic heterocycles. The third-order valence-corrected chi connectivity index (χ3v) is 5.28. The third kappa shape index (κ3) is 3.16. The van der Waals surface area contributed by atoms with Crippen LogP contribution in [0.3, 0.4) is 0 Å². The molecule has 5 nitrogen and oxygen atoms in total.